The summed E-state index contributed by atoms with van der Waals surface area (Å²) in [6.45, 7) is 19.3. The molecule has 0 aromatic carbocycles. The molecular weight excluding hydrogens is 360 g/mol. The summed E-state index contributed by atoms with van der Waals surface area (Å²) >= 11 is 0. The van der Waals surface area contributed by atoms with Gasteiger partial charge in [-0.2, -0.15) is 0 Å². The van der Waals surface area contributed by atoms with E-state index in [9.17, 15) is 0 Å². The van der Waals surface area contributed by atoms with Crippen molar-refractivity contribution in [3.05, 3.63) is 0 Å². The summed E-state index contributed by atoms with van der Waals surface area (Å²) in [5.74, 6) is 5.51. The Bertz CT molecular complexity index is 308. The van der Waals surface area contributed by atoms with Gasteiger partial charge in [-0.15, -0.1) is 0 Å². The molecule has 0 saturated carbocycles. The fraction of sp³-hybridized carbons (Fsp3) is 1.00. The van der Waals surface area contributed by atoms with Crippen LogP contribution in [0.2, 0.25) is 0 Å². The van der Waals surface area contributed by atoms with Crippen molar-refractivity contribution >= 4 is 0 Å². The van der Waals surface area contributed by atoms with Gasteiger partial charge in [-0.05, 0) is 35.5 Å². The van der Waals surface area contributed by atoms with Crippen molar-refractivity contribution in [1.29, 1.82) is 0 Å². The number of rotatable bonds is 21. The van der Waals surface area contributed by atoms with Gasteiger partial charge in [0, 0.05) is 0 Å². The average Bonchev–Trinajstić information content (AvgIpc) is 2.64. The van der Waals surface area contributed by atoms with Gasteiger partial charge in [0.1, 0.15) is 0 Å². The maximum Gasteiger partial charge on any atom is -0.0443 e. The lowest BCUT2D eigenvalue weighted by molar-refractivity contribution is 0.369. The molecule has 4 atom stereocenters. The van der Waals surface area contributed by atoms with Crippen molar-refractivity contribution in [2.75, 3.05) is 0 Å². The Hall–Kier alpha value is 0. The third-order valence-corrected chi connectivity index (χ3v) is 7.39. The highest BCUT2D eigenvalue weighted by Crippen LogP contribution is 2.24. The normalized spacial score (nSPS) is 16.2. The number of unbranched alkanes of at least 4 members (excludes halogenated alkanes) is 1. The van der Waals surface area contributed by atoms with E-state index < -0.39 is 0 Å². The summed E-state index contributed by atoms with van der Waals surface area (Å²) in [5.41, 5.74) is 0. The van der Waals surface area contributed by atoms with E-state index in [1.165, 1.54) is 103 Å². The standard InChI is InChI=1S/C30H62/c1-25(2)15-11-19-29(7)23-13-21-27(5)17-9-10-18-28(6)22-14-24-30(8)20-12-16-26(3)4/h25-30H,9-24H2,1-8H3/t27-,28-,29-,30+/m0/s1. The van der Waals surface area contributed by atoms with Crippen LogP contribution in [0.15, 0.2) is 0 Å². The molecule has 0 bridgehead atoms. The molecule has 0 nitrogen and oxygen atoms in total. The van der Waals surface area contributed by atoms with Gasteiger partial charge in [0.25, 0.3) is 0 Å². The predicted molar refractivity (Wildman–Crippen MR) is 140 cm³/mol. The second-order valence-electron chi connectivity index (χ2n) is 12.2. The van der Waals surface area contributed by atoms with Crippen LogP contribution in [0.1, 0.15) is 158 Å². The molecule has 0 aromatic heterocycles. The topological polar surface area (TPSA) is 0 Å². The first-order chi connectivity index (χ1) is 14.2. The lowest BCUT2D eigenvalue weighted by atomic mass is 9.90. The summed E-state index contributed by atoms with van der Waals surface area (Å²) in [4.78, 5) is 0. The van der Waals surface area contributed by atoms with Crippen LogP contribution in [-0.4, -0.2) is 0 Å². The SMILES string of the molecule is CC(C)CCC[C@@H](C)CCC[C@@H](C)CCCC[C@H](C)CCC[C@@H](C)CCCC(C)C. The molecule has 0 aliphatic heterocycles. The van der Waals surface area contributed by atoms with Crippen molar-refractivity contribution in [2.24, 2.45) is 35.5 Å². The Labute approximate surface area is 193 Å². The van der Waals surface area contributed by atoms with Crippen LogP contribution in [0.5, 0.6) is 0 Å². The second-order valence-corrected chi connectivity index (χ2v) is 12.2. The van der Waals surface area contributed by atoms with Crippen molar-refractivity contribution in [3.63, 3.8) is 0 Å². The van der Waals surface area contributed by atoms with Crippen molar-refractivity contribution in [2.45, 2.75) is 158 Å². The van der Waals surface area contributed by atoms with Gasteiger partial charge in [-0.25, -0.2) is 0 Å². The van der Waals surface area contributed by atoms with Gasteiger partial charge in [0.2, 0.25) is 0 Å². The molecule has 0 heteroatoms. The molecule has 0 saturated heterocycles. The molecule has 0 rings (SSSR count). The quantitative estimate of drug-likeness (QED) is 0.161. The molecular formula is C30H62. The Balaban J connectivity index is 3.54. The van der Waals surface area contributed by atoms with Crippen LogP contribution in [0.4, 0.5) is 0 Å². The Kier molecular flexibility index (Phi) is 19.7. The first-order valence-corrected chi connectivity index (χ1v) is 14.2. The summed E-state index contributed by atoms with van der Waals surface area (Å²) in [6.07, 6.45) is 23.2. The van der Waals surface area contributed by atoms with Crippen molar-refractivity contribution < 1.29 is 0 Å². The number of hydrogen-bond acceptors (Lipinski definition) is 0. The van der Waals surface area contributed by atoms with E-state index in [2.05, 4.69) is 55.4 Å². The lowest BCUT2D eigenvalue weighted by Gasteiger charge is -2.16. The van der Waals surface area contributed by atoms with E-state index in [0.717, 1.165) is 35.5 Å². The molecule has 0 N–H and O–H groups in total. The minimum atomic E-state index is 0.878. The minimum Gasteiger partial charge on any atom is -0.0628 e. The maximum absolute atomic E-state index is 2.49. The van der Waals surface area contributed by atoms with Gasteiger partial charge in [-0.3, -0.25) is 0 Å². The van der Waals surface area contributed by atoms with Gasteiger partial charge in [0.15, 0.2) is 0 Å². The van der Waals surface area contributed by atoms with E-state index >= 15 is 0 Å². The van der Waals surface area contributed by atoms with Gasteiger partial charge in [0.05, 0.1) is 0 Å². The summed E-state index contributed by atoms with van der Waals surface area (Å²) in [5, 5.41) is 0. The monoisotopic (exact) mass is 422 g/mol. The van der Waals surface area contributed by atoms with Crippen LogP contribution in [0.3, 0.4) is 0 Å². The largest absolute Gasteiger partial charge is 0.0628 e. The zero-order chi connectivity index (χ0) is 22.8. The third kappa shape index (κ3) is 21.2. The Morgan fingerprint density at radius 1 is 0.267 bits per heavy atom. The first-order valence-electron chi connectivity index (χ1n) is 14.2. The lowest BCUT2D eigenvalue weighted by Crippen LogP contribution is -2.01. The maximum atomic E-state index is 2.49. The molecule has 0 aliphatic carbocycles. The van der Waals surface area contributed by atoms with E-state index in [1.807, 2.05) is 0 Å². The van der Waals surface area contributed by atoms with Crippen LogP contribution < -0.4 is 0 Å². The zero-order valence-electron chi connectivity index (χ0n) is 22.8. The van der Waals surface area contributed by atoms with E-state index in [1.54, 1.807) is 0 Å². The first kappa shape index (κ1) is 30.0. The average molecular weight is 423 g/mol. The highest BCUT2D eigenvalue weighted by Gasteiger charge is 2.09. The smallest absolute Gasteiger partial charge is 0.0443 e. The molecule has 0 aromatic rings. The predicted octanol–water partition coefficient (Wildman–Crippen LogP) is 11.1. The van der Waals surface area contributed by atoms with E-state index in [-0.39, 0.29) is 0 Å². The van der Waals surface area contributed by atoms with Crippen LogP contribution in [-0.2, 0) is 0 Å². The minimum absolute atomic E-state index is 0.878. The van der Waals surface area contributed by atoms with Gasteiger partial charge >= 0.3 is 0 Å². The van der Waals surface area contributed by atoms with Crippen LogP contribution in [0, 0.1) is 35.5 Å². The van der Waals surface area contributed by atoms with Crippen LogP contribution in [0.25, 0.3) is 0 Å². The summed E-state index contributed by atoms with van der Waals surface area (Å²) < 4.78 is 0. The fourth-order valence-electron chi connectivity index (χ4n) is 4.94. The molecule has 0 unspecified atom stereocenters. The Morgan fingerprint density at radius 2 is 0.467 bits per heavy atom. The molecule has 0 amide bonds. The Morgan fingerprint density at radius 3 is 0.700 bits per heavy atom. The molecule has 182 valence electrons. The summed E-state index contributed by atoms with van der Waals surface area (Å²) in [6, 6.07) is 0. The highest BCUT2D eigenvalue weighted by atomic mass is 14.1. The molecule has 0 radical (unpaired) electrons. The molecule has 0 fully saturated rings. The molecule has 0 heterocycles. The van der Waals surface area contributed by atoms with E-state index in [0.29, 0.717) is 0 Å². The third-order valence-electron chi connectivity index (χ3n) is 7.39. The molecule has 0 spiro atoms. The summed E-state index contributed by atoms with van der Waals surface area (Å²) in [7, 11) is 0. The second kappa shape index (κ2) is 19.7. The van der Waals surface area contributed by atoms with Gasteiger partial charge in [-0.1, -0.05) is 158 Å². The van der Waals surface area contributed by atoms with Crippen molar-refractivity contribution in [1.82, 2.24) is 0 Å². The highest BCUT2D eigenvalue weighted by molar-refractivity contribution is 4.62. The van der Waals surface area contributed by atoms with Crippen LogP contribution >= 0.6 is 0 Å². The molecule has 30 heavy (non-hydrogen) atoms. The fourth-order valence-corrected chi connectivity index (χ4v) is 4.94. The zero-order valence-corrected chi connectivity index (χ0v) is 22.8. The number of hydrogen-bond donors (Lipinski definition) is 0. The van der Waals surface area contributed by atoms with E-state index in [4.69, 9.17) is 0 Å². The van der Waals surface area contributed by atoms with Crippen molar-refractivity contribution in [3.8, 4) is 0 Å². The molecule has 0 aliphatic rings. The van der Waals surface area contributed by atoms with Gasteiger partial charge < -0.3 is 0 Å².